The summed E-state index contributed by atoms with van der Waals surface area (Å²) in [5, 5.41) is 19.1. The van der Waals surface area contributed by atoms with Crippen LogP contribution in [0.15, 0.2) is 6.07 Å². The van der Waals surface area contributed by atoms with Gasteiger partial charge in [0.05, 0.1) is 29.7 Å². The molecule has 5 nitrogen and oxygen atoms in total. The molecule has 0 radical (unpaired) electrons. The molecular weight excluding hydrogens is 252 g/mol. The van der Waals surface area contributed by atoms with Crippen LogP contribution >= 0.6 is 0 Å². The van der Waals surface area contributed by atoms with E-state index in [0.717, 1.165) is 41.2 Å². The molecule has 0 aliphatic heterocycles. The summed E-state index contributed by atoms with van der Waals surface area (Å²) in [4.78, 5) is 0. The predicted molar refractivity (Wildman–Crippen MR) is 78.7 cm³/mol. The van der Waals surface area contributed by atoms with Crippen LogP contribution in [0, 0.1) is 6.92 Å². The van der Waals surface area contributed by atoms with Crippen molar-refractivity contribution >= 4 is 0 Å². The Morgan fingerprint density at radius 1 is 1.25 bits per heavy atom. The zero-order valence-electron chi connectivity index (χ0n) is 13.0. The Bertz CT molecular complexity index is 595. The molecule has 0 spiro atoms. The lowest BCUT2D eigenvalue weighted by Crippen LogP contribution is -2.10. The number of rotatable bonds is 5. The summed E-state index contributed by atoms with van der Waals surface area (Å²) in [6.07, 6.45) is 1.23. The Hall–Kier alpha value is -1.62. The lowest BCUT2D eigenvalue weighted by molar-refractivity contribution is 0.197. The van der Waals surface area contributed by atoms with Gasteiger partial charge in [-0.25, -0.2) is 0 Å². The summed E-state index contributed by atoms with van der Waals surface area (Å²) in [7, 11) is 1.95. The fourth-order valence-electron chi connectivity index (χ4n) is 2.78. The molecule has 20 heavy (non-hydrogen) atoms. The van der Waals surface area contributed by atoms with Gasteiger partial charge in [0.1, 0.15) is 0 Å². The molecule has 2 aromatic rings. The SMILES string of the molecule is CCc1nn(Cc2cc(C)nn2C)c(CC)c1C(C)O. The first kappa shape index (κ1) is 14.8. The maximum Gasteiger partial charge on any atom is 0.0831 e. The number of aliphatic hydroxyl groups is 1. The van der Waals surface area contributed by atoms with E-state index in [4.69, 9.17) is 0 Å². The van der Waals surface area contributed by atoms with Crippen molar-refractivity contribution in [1.82, 2.24) is 19.6 Å². The molecule has 1 N–H and O–H groups in total. The molecule has 1 atom stereocenters. The molecular formula is C15H24N4O. The molecule has 0 saturated carbocycles. The van der Waals surface area contributed by atoms with E-state index in [0.29, 0.717) is 6.54 Å². The molecule has 0 aliphatic carbocycles. The van der Waals surface area contributed by atoms with Crippen LogP contribution in [0.2, 0.25) is 0 Å². The van der Waals surface area contributed by atoms with Crippen LogP contribution in [0.4, 0.5) is 0 Å². The average molecular weight is 276 g/mol. The van der Waals surface area contributed by atoms with Gasteiger partial charge < -0.3 is 5.11 Å². The van der Waals surface area contributed by atoms with Crippen molar-refractivity contribution in [3.05, 3.63) is 34.4 Å². The van der Waals surface area contributed by atoms with E-state index in [9.17, 15) is 5.11 Å². The number of aromatic nitrogens is 4. The van der Waals surface area contributed by atoms with Gasteiger partial charge in [0.15, 0.2) is 0 Å². The van der Waals surface area contributed by atoms with E-state index < -0.39 is 6.10 Å². The fraction of sp³-hybridized carbons (Fsp3) is 0.600. The average Bonchev–Trinajstić information content (AvgIpc) is 2.89. The largest absolute Gasteiger partial charge is 0.389 e. The van der Waals surface area contributed by atoms with Crippen molar-refractivity contribution < 1.29 is 5.11 Å². The van der Waals surface area contributed by atoms with Crippen LogP contribution in [-0.4, -0.2) is 24.7 Å². The standard InChI is InChI=1S/C15H24N4O/c1-6-13-15(11(4)20)14(7-2)19(17-13)9-12-8-10(3)16-18(12)5/h8,11,20H,6-7,9H2,1-5H3. The zero-order valence-corrected chi connectivity index (χ0v) is 13.0. The van der Waals surface area contributed by atoms with E-state index in [1.54, 1.807) is 0 Å². The molecule has 0 aliphatic rings. The molecule has 0 fully saturated rings. The third-order valence-corrected chi connectivity index (χ3v) is 3.67. The Balaban J connectivity index is 2.44. The van der Waals surface area contributed by atoms with Crippen molar-refractivity contribution in [1.29, 1.82) is 0 Å². The highest BCUT2D eigenvalue weighted by Gasteiger charge is 2.19. The second-order valence-electron chi connectivity index (χ2n) is 5.25. The fourth-order valence-corrected chi connectivity index (χ4v) is 2.78. The first-order valence-electron chi connectivity index (χ1n) is 7.23. The van der Waals surface area contributed by atoms with E-state index in [1.165, 1.54) is 0 Å². The van der Waals surface area contributed by atoms with E-state index in [2.05, 4.69) is 30.1 Å². The van der Waals surface area contributed by atoms with E-state index in [1.807, 2.05) is 30.3 Å². The minimum Gasteiger partial charge on any atom is -0.389 e. The monoisotopic (exact) mass is 276 g/mol. The molecule has 2 rings (SSSR count). The van der Waals surface area contributed by atoms with E-state index in [-0.39, 0.29) is 0 Å². The highest BCUT2D eigenvalue weighted by atomic mass is 16.3. The van der Waals surface area contributed by atoms with Gasteiger partial charge in [-0.05, 0) is 32.8 Å². The van der Waals surface area contributed by atoms with Gasteiger partial charge in [0, 0.05) is 18.3 Å². The Morgan fingerprint density at radius 3 is 2.40 bits per heavy atom. The molecule has 0 aromatic carbocycles. The topological polar surface area (TPSA) is 55.9 Å². The molecule has 0 bridgehead atoms. The van der Waals surface area contributed by atoms with E-state index >= 15 is 0 Å². The van der Waals surface area contributed by atoms with Crippen LogP contribution in [0.5, 0.6) is 0 Å². The van der Waals surface area contributed by atoms with Gasteiger partial charge in [0.2, 0.25) is 0 Å². The van der Waals surface area contributed by atoms with Gasteiger partial charge in [0.25, 0.3) is 0 Å². The summed E-state index contributed by atoms with van der Waals surface area (Å²) in [6.45, 7) is 8.68. The second kappa shape index (κ2) is 5.79. The van der Waals surface area contributed by atoms with Crippen molar-refractivity contribution in [2.45, 2.75) is 53.2 Å². The lowest BCUT2D eigenvalue weighted by Gasteiger charge is -2.10. The number of aryl methyl sites for hydroxylation is 3. The maximum atomic E-state index is 10.0. The third kappa shape index (κ3) is 2.63. The van der Waals surface area contributed by atoms with Crippen molar-refractivity contribution in [2.24, 2.45) is 7.05 Å². The summed E-state index contributed by atoms with van der Waals surface area (Å²) in [5.41, 5.74) is 5.25. The minimum absolute atomic E-state index is 0.470. The molecule has 110 valence electrons. The van der Waals surface area contributed by atoms with Gasteiger partial charge in [-0.3, -0.25) is 9.36 Å². The quantitative estimate of drug-likeness (QED) is 0.910. The number of hydrogen-bond acceptors (Lipinski definition) is 3. The Morgan fingerprint density at radius 2 is 1.95 bits per heavy atom. The van der Waals surface area contributed by atoms with Crippen LogP contribution in [-0.2, 0) is 26.4 Å². The van der Waals surface area contributed by atoms with Crippen LogP contribution in [0.1, 0.15) is 55.2 Å². The molecule has 0 amide bonds. The molecule has 5 heteroatoms. The molecule has 2 heterocycles. The van der Waals surface area contributed by atoms with Gasteiger partial charge in [-0.1, -0.05) is 13.8 Å². The van der Waals surface area contributed by atoms with Crippen LogP contribution in [0.25, 0.3) is 0 Å². The van der Waals surface area contributed by atoms with Gasteiger partial charge in [-0.2, -0.15) is 10.2 Å². The number of nitrogens with zero attached hydrogens (tertiary/aromatic N) is 4. The molecule has 0 saturated heterocycles. The van der Waals surface area contributed by atoms with Gasteiger partial charge >= 0.3 is 0 Å². The summed E-state index contributed by atoms with van der Waals surface area (Å²) < 4.78 is 3.90. The summed E-state index contributed by atoms with van der Waals surface area (Å²) in [6, 6.07) is 2.08. The smallest absolute Gasteiger partial charge is 0.0831 e. The highest BCUT2D eigenvalue weighted by molar-refractivity contribution is 5.29. The van der Waals surface area contributed by atoms with Crippen molar-refractivity contribution in [3.63, 3.8) is 0 Å². The maximum absolute atomic E-state index is 10.0. The van der Waals surface area contributed by atoms with Crippen LogP contribution < -0.4 is 0 Å². The van der Waals surface area contributed by atoms with Crippen molar-refractivity contribution in [2.75, 3.05) is 0 Å². The molecule has 2 aromatic heterocycles. The van der Waals surface area contributed by atoms with Crippen LogP contribution in [0.3, 0.4) is 0 Å². The minimum atomic E-state index is -0.470. The second-order valence-corrected chi connectivity index (χ2v) is 5.25. The Labute approximate surface area is 120 Å². The molecule has 1 unspecified atom stereocenters. The zero-order chi connectivity index (χ0) is 14.9. The van der Waals surface area contributed by atoms with Gasteiger partial charge in [-0.15, -0.1) is 0 Å². The number of aliphatic hydroxyl groups excluding tert-OH is 1. The Kier molecular flexibility index (Phi) is 4.28. The highest BCUT2D eigenvalue weighted by Crippen LogP contribution is 2.24. The first-order chi connectivity index (χ1) is 9.47. The van der Waals surface area contributed by atoms with Crippen molar-refractivity contribution in [3.8, 4) is 0 Å². The summed E-state index contributed by atoms with van der Waals surface area (Å²) in [5.74, 6) is 0. The number of hydrogen-bond donors (Lipinski definition) is 1. The first-order valence-corrected chi connectivity index (χ1v) is 7.23. The lowest BCUT2D eigenvalue weighted by atomic mass is 10.0. The normalized spacial score (nSPS) is 12.9. The predicted octanol–water partition coefficient (Wildman–Crippen LogP) is 2.15. The third-order valence-electron chi connectivity index (χ3n) is 3.67. The summed E-state index contributed by atoms with van der Waals surface area (Å²) >= 11 is 0.